The standard InChI is InChI=1S/C37H23N7O6/c45-42(46)24-7-1-4-21(18-24)35-29-12-10-27(38-29)28-11-13-30(39-28)36(22-5-2-8-25(19-22)43(47)48)32-15-17-34(41-32)37(33-16-14-31(35)40-33)23-6-3-9-26(20-23)44(49)50/h1-20,38,40-41H. The van der Waals surface area contributed by atoms with Crippen molar-refractivity contribution >= 4 is 62.3 Å². The molecule has 0 spiro atoms. The number of nitro groups is 3. The molecule has 0 saturated carbocycles. The number of hydrogen-bond donors (Lipinski definition) is 3. The highest BCUT2D eigenvalue weighted by Gasteiger charge is 2.18. The van der Waals surface area contributed by atoms with E-state index in [-0.39, 0.29) is 17.1 Å². The molecule has 3 N–H and O–H groups in total. The van der Waals surface area contributed by atoms with Gasteiger partial charge in [-0.2, -0.15) is 0 Å². The van der Waals surface area contributed by atoms with Gasteiger partial charge in [0.05, 0.1) is 31.7 Å². The predicted octanol–water partition coefficient (Wildman–Crippen LogP) is 9.42. The maximum atomic E-state index is 11.8. The van der Waals surface area contributed by atoms with Gasteiger partial charge in [-0.05, 0) is 65.2 Å². The van der Waals surface area contributed by atoms with Gasteiger partial charge in [-0.15, -0.1) is 0 Å². The lowest BCUT2D eigenvalue weighted by Gasteiger charge is -2.05. The summed E-state index contributed by atoms with van der Waals surface area (Å²) in [5, 5.41) is 35.4. The van der Waals surface area contributed by atoms with E-state index in [9.17, 15) is 30.3 Å². The molecular formula is C37H23N7O6. The fraction of sp³-hybridized carbons (Fsp3) is 0. The molecule has 7 aromatic rings. The van der Waals surface area contributed by atoms with Gasteiger partial charge >= 0.3 is 0 Å². The summed E-state index contributed by atoms with van der Waals surface area (Å²) in [7, 11) is 0. The van der Waals surface area contributed by atoms with Crippen LogP contribution in [0.4, 0.5) is 17.1 Å². The quantitative estimate of drug-likeness (QED) is 0.117. The van der Waals surface area contributed by atoms with E-state index in [1.165, 1.54) is 36.4 Å². The van der Waals surface area contributed by atoms with E-state index < -0.39 is 14.8 Å². The van der Waals surface area contributed by atoms with Crippen LogP contribution >= 0.6 is 0 Å². The minimum absolute atomic E-state index is 0.0706. The lowest BCUT2D eigenvalue weighted by atomic mass is 10.0. The first-order valence-corrected chi connectivity index (χ1v) is 15.3. The van der Waals surface area contributed by atoms with Gasteiger partial charge < -0.3 is 15.0 Å². The molecule has 50 heavy (non-hydrogen) atoms. The molecule has 4 aromatic heterocycles. The largest absolute Gasteiger partial charge is 0.354 e. The highest BCUT2D eigenvalue weighted by molar-refractivity contribution is 6.00. The number of fused-ring (bicyclic) bond motifs is 9. The van der Waals surface area contributed by atoms with E-state index in [0.717, 1.165) is 0 Å². The van der Waals surface area contributed by atoms with Crippen molar-refractivity contribution in [1.29, 1.82) is 0 Å². The topological polar surface area (TPSA) is 190 Å². The number of non-ortho nitro benzene ring substituents is 3. The Hall–Kier alpha value is -7.41. The molecule has 13 heteroatoms. The molecule has 5 heterocycles. The van der Waals surface area contributed by atoms with Crippen LogP contribution in [0.2, 0.25) is 0 Å². The van der Waals surface area contributed by atoms with Gasteiger partial charge in [-0.3, -0.25) is 30.3 Å². The summed E-state index contributed by atoms with van der Waals surface area (Å²) < 4.78 is 0. The highest BCUT2D eigenvalue weighted by Crippen LogP contribution is 2.37. The number of rotatable bonds is 6. The van der Waals surface area contributed by atoms with E-state index in [2.05, 4.69) is 15.0 Å². The van der Waals surface area contributed by atoms with Crippen molar-refractivity contribution in [1.82, 2.24) is 19.9 Å². The molecule has 1 aliphatic heterocycles. The molecule has 3 aromatic carbocycles. The molecule has 0 unspecified atom stereocenters. The van der Waals surface area contributed by atoms with Gasteiger partial charge in [0.15, 0.2) is 0 Å². The molecule has 242 valence electrons. The van der Waals surface area contributed by atoms with E-state index in [4.69, 9.17) is 4.98 Å². The second kappa shape index (κ2) is 11.7. The Morgan fingerprint density at radius 3 is 1.18 bits per heavy atom. The van der Waals surface area contributed by atoms with Crippen molar-refractivity contribution in [3.05, 3.63) is 151 Å². The third-order valence-corrected chi connectivity index (χ3v) is 8.61. The van der Waals surface area contributed by atoms with Crippen LogP contribution in [0.3, 0.4) is 0 Å². The summed E-state index contributed by atoms with van der Waals surface area (Å²) in [6.07, 6.45) is 3.68. The fourth-order valence-electron chi connectivity index (χ4n) is 6.39. The Kier molecular flexibility index (Phi) is 7.00. The Bertz CT molecular complexity index is 2720. The average Bonchev–Trinajstić information content (AvgIpc) is 3.95. The molecule has 8 rings (SSSR count). The summed E-state index contributed by atoms with van der Waals surface area (Å²) in [4.78, 5) is 49.4. The van der Waals surface area contributed by atoms with Crippen LogP contribution in [-0.4, -0.2) is 34.7 Å². The zero-order valence-electron chi connectivity index (χ0n) is 25.8. The Balaban J connectivity index is 1.54. The number of nitrogens with zero attached hydrogens (tertiary/aromatic N) is 4. The van der Waals surface area contributed by atoms with Gasteiger partial charge in [0.2, 0.25) is 0 Å². The number of benzene rings is 3. The van der Waals surface area contributed by atoms with Crippen LogP contribution in [0.25, 0.3) is 78.6 Å². The zero-order chi connectivity index (χ0) is 34.5. The molecule has 0 aliphatic carbocycles. The summed E-state index contributed by atoms with van der Waals surface area (Å²) in [6.45, 7) is 0. The number of aromatic nitrogens is 4. The van der Waals surface area contributed by atoms with Gasteiger partial charge in [-0.1, -0.05) is 36.4 Å². The Labute approximate surface area is 281 Å². The van der Waals surface area contributed by atoms with Crippen LogP contribution in [0.5, 0.6) is 0 Å². The summed E-state index contributed by atoms with van der Waals surface area (Å²) in [5.41, 5.74) is 8.33. The van der Waals surface area contributed by atoms with E-state index in [0.29, 0.717) is 77.9 Å². The van der Waals surface area contributed by atoms with Crippen LogP contribution in [-0.2, 0) is 0 Å². The summed E-state index contributed by atoms with van der Waals surface area (Å²) >= 11 is 0. The van der Waals surface area contributed by atoms with E-state index in [1.807, 2.05) is 48.6 Å². The molecule has 1 aliphatic rings. The number of nitro benzene ring substituents is 3. The van der Waals surface area contributed by atoms with Crippen molar-refractivity contribution in [3.8, 4) is 33.4 Å². The number of aromatic amines is 3. The molecular weight excluding hydrogens is 638 g/mol. The van der Waals surface area contributed by atoms with Crippen molar-refractivity contribution < 1.29 is 14.8 Å². The molecule has 0 radical (unpaired) electrons. The highest BCUT2D eigenvalue weighted by atomic mass is 16.6. The fourth-order valence-corrected chi connectivity index (χ4v) is 6.39. The third kappa shape index (κ3) is 5.20. The van der Waals surface area contributed by atoms with Crippen molar-refractivity contribution in [3.63, 3.8) is 0 Å². The lowest BCUT2D eigenvalue weighted by molar-refractivity contribution is -0.385. The van der Waals surface area contributed by atoms with Gasteiger partial charge in [0, 0.05) is 80.7 Å². The van der Waals surface area contributed by atoms with Crippen molar-refractivity contribution in [2.45, 2.75) is 0 Å². The molecule has 0 fully saturated rings. The first-order valence-electron chi connectivity index (χ1n) is 15.3. The second-order valence-electron chi connectivity index (χ2n) is 11.6. The second-order valence-corrected chi connectivity index (χ2v) is 11.6. The van der Waals surface area contributed by atoms with Crippen molar-refractivity contribution in [2.75, 3.05) is 0 Å². The van der Waals surface area contributed by atoms with Crippen LogP contribution in [0.15, 0.2) is 109 Å². The van der Waals surface area contributed by atoms with Crippen LogP contribution in [0.1, 0.15) is 11.4 Å². The van der Waals surface area contributed by atoms with E-state index in [1.54, 1.807) is 36.4 Å². The van der Waals surface area contributed by atoms with Crippen LogP contribution in [0, 0.1) is 30.3 Å². The Morgan fingerprint density at radius 1 is 0.420 bits per heavy atom. The average molecular weight is 662 g/mol. The van der Waals surface area contributed by atoms with Gasteiger partial charge in [0.1, 0.15) is 0 Å². The number of H-pyrrole nitrogens is 3. The summed E-state index contributed by atoms with van der Waals surface area (Å²) in [6, 6.07) is 30.1. The first-order chi connectivity index (χ1) is 24.2. The smallest absolute Gasteiger partial charge is 0.270 e. The van der Waals surface area contributed by atoms with Gasteiger partial charge in [-0.25, -0.2) is 4.98 Å². The monoisotopic (exact) mass is 661 g/mol. The first kappa shape index (κ1) is 30.0. The molecule has 0 saturated heterocycles. The Morgan fingerprint density at radius 2 is 0.760 bits per heavy atom. The maximum Gasteiger partial charge on any atom is 0.270 e. The molecule has 0 amide bonds. The summed E-state index contributed by atoms with van der Waals surface area (Å²) in [5.74, 6) is 0. The normalized spacial score (nSPS) is 11.6. The zero-order valence-corrected chi connectivity index (χ0v) is 25.8. The maximum absolute atomic E-state index is 11.8. The molecule has 0 atom stereocenters. The van der Waals surface area contributed by atoms with Gasteiger partial charge in [0.25, 0.3) is 17.1 Å². The number of hydrogen-bond acceptors (Lipinski definition) is 7. The molecule has 8 bridgehead atoms. The minimum Gasteiger partial charge on any atom is -0.354 e. The molecule has 13 nitrogen and oxygen atoms in total. The number of nitrogens with one attached hydrogen (secondary N) is 3. The third-order valence-electron chi connectivity index (χ3n) is 8.61. The van der Waals surface area contributed by atoms with Crippen molar-refractivity contribution in [2.24, 2.45) is 0 Å². The lowest BCUT2D eigenvalue weighted by Crippen LogP contribution is -1.90. The SMILES string of the molecule is O=[N+]([O-])c1cccc(-c2c3nc(c4ccc([nH]4)c(-c4cccc([N+](=O)[O-])c4)c4ccc([nH]4)c(-c4cccc([N+](=O)[O-])c4)c4ccc2[nH]4)C=C3)c1. The van der Waals surface area contributed by atoms with Crippen LogP contribution < -0.4 is 0 Å². The predicted molar refractivity (Wildman–Crippen MR) is 191 cm³/mol. The van der Waals surface area contributed by atoms with E-state index >= 15 is 0 Å². The minimum atomic E-state index is -0.458.